The van der Waals surface area contributed by atoms with E-state index in [2.05, 4.69) is 10.5 Å². The predicted molar refractivity (Wildman–Crippen MR) is 56.3 cm³/mol. The van der Waals surface area contributed by atoms with Gasteiger partial charge in [-0.15, -0.1) is 0 Å². The van der Waals surface area contributed by atoms with E-state index < -0.39 is 5.97 Å². The van der Waals surface area contributed by atoms with Crippen molar-refractivity contribution in [3.05, 3.63) is 17.5 Å². The monoisotopic (exact) mass is 228 g/mol. The van der Waals surface area contributed by atoms with Crippen molar-refractivity contribution in [2.45, 2.75) is 26.5 Å². The van der Waals surface area contributed by atoms with Crippen molar-refractivity contribution in [2.75, 3.05) is 13.2 Å². The summed E-state index contributed by atoms with van der Waals surface area (Å²) < 4.78 is 10.2. The minimum atomic E-state index is -1.09. The third-order valence-corrected chi connectivity index (χ3v) is 1.96. The van der Waals surface area contributed by atoms with Crippen LogP contribution in [0, 0.1) is 0 Å². The number of hydrogen-bond acceptors (Lipinski definition) is 5. The van der Waals surface area contributed by atoms with E-state index in [1.54, 1.807) is 0 Å². The molecule has 1 unspecified atom stereocenters. The highest BCUT2D eigenvalue weighted by atomic mass is 16.5. The zero-order valence-corrected chi connectivity index (χ0v) is 9.40. The molecule has 2 N–H and O–H groups in total. The van der Waals surface area contributed by atoms with Crippen molar-refractivity contribution in [1.29, 1.82) is 0 Å². The van der Waals surface area contributed by atoms with Gasteiger partial charge in [0.1, 0.15) is 0 Å². The van der Waals surface area contributed by atoms with E-state index in [0.29, 0.717) is 25.5 Å². The molecule has 0 aliphatic carbocycles. The van der Waals surface area contributed by atoms with Crippen molar-refractivity contribution in [3.63, 3.8) is 0 Å². The summed E-state index contributed by atoms with van der Waals surface area (Å²) in [6.45, 7) is 5.69. The van der Waals surface area contributed by atoms with Crippen molar-refractivity contribution >= 4 is 5.97 Å². The largest absolute Gasteiger partial charge is 0.476 e. The summed E-state index contributed by atoms with van der Waals surface area (Å²) >= 11 is 0. The van der Waals surface area contributed by atoms with Gasteiger partial charge in [0.05, 0.1) is 12.6 Å². The zero-order chi connectivity index (χ0) is 12.0. The molecule has 1 aromatic heterocycles. The van der Waals surface area contributed by atoms with Crippen LogP contribution in [0.1, 0.15) is 30.1 Å². The van der Waals surface area contributed by atoms with E-state index in [9.17, 15) is 4.79 Å². The Morgan fingerprint density at radius 3 is 3.06 bits per heavy atom. The van der Waals surface area contributed by atoms with Gasteiger partial charge in [0, 0.05) is 19.2 Å². The molecule has 90 valence electrons. The predicted octanol–water partition coefficient (Wildman–Crippen LogP) is 0.887. The Morgan fingerprint density at radius 1 is 1.75 bits per heavy atom. The highest BCUT2D eigenvalue weighted by Crippen LogP contribution is 2.03. The summed E-state index contributed by atoms with van der Waals surface area (Å²) in [6, 6.07) is 1.40. The van der Waals surface area contributed by atoms with E-state index in [1.165, 1.54) is 6.07 Å². The molecule has 0 saturated heterocycles. The molecular formula is C10H16N2O4. The van der Waals surface area contributed by atoms with Crippen LogP contribution in [0.3, 0.4) is 0 Å². The average molecular weight is 228 g/mol. The van der Waals surface area contributed by atoms with Gasteiger partial charge >= 0.3 is 5.97 Å². The zero-order valence-electron chi connectivity index (χ0n) is 9.40. The molecule has 1 rings (SSSR count). The molecule has 1 heterocycles. The molecule has 6 heteroatoms. The molecular weight excluding hydrogens is 212 g/mol. The van der Waals surface area contributed by atoms with Crippen LogP contribution in [0.25, 0.3) is 0 Å². The molecule has 16 heavy (non-hydrogen) atoms. The molecule has 0 fully saturated rings. The van der Waals surface area contributed by atoms with E-state index >= 15 is 0 Å². The van der Waals surface area contributed by atoms with E-state index in [1.807, 2.05) is 13.8 Å². The lowest BCUT2D eigenvalue weighted by atomic mass is 10.3. The molecule has 0 amide bonds. The van der Waals surface area contributed by atoms with Crippen LogP contribution in [0.15, 0.2) is 10.6 Å². The second-order valence-electron chi connectivity index (χ2n) is 3.38. The maximum absolute atomic E-state index is 10.5. The summed E-state index contributed by atoms with van der Waals surface area (Å²) in [7, 11) is 0. The van der Waals surface area contributed by atoms with Gasteiger partial charge in [-0.1, -0.05) is 5.16 Å². The summed E-state index contributed by atoms with van der Waals surface area (Å²) in [5.41, 5.74) is -0.0744. The number of carboxylic acids is 1. The van der Waals surface area contributed by atoms with Crippen LogP contribution in [0.4, 0.5) is 0 Å². The molecule has 6 nitrogen and oxygen atoms in total. The molecule has 0 bridgehead atoms. The minimum Gasteiger partial charge on any atom is -0.476 e. The Labute approximate surface area is 93.6 Å². The van der Waals surface area contributed by atoms with Crippen molar-refractivity contribution in [2.24, 2.45) is 0 Å². The first-order valence-corrected chi connectivity index (χ1v) is 5.14. The molecule has 1 aromatic rings. The Bertz CT molecular complexity index is 337. The Morgan fingerprint density at radius 2 is 2.50 bits per heavy atom. The standard InChI is InChI=1S/C10H16N2O4/c1-3-15-7(2)5-11-6-8-4-9(10(13)14)12-16-8/h4,7,11H,3,5-6H2,1-2H3,(H,13,14). The summed E-state index contributed by atoms with van der Waals surface area (Å²) in [5.74, 6) is -0.584. The second kappa shape index (κ2) is 6.24. The molecule has 0 radical (unpaired) electrons. The first-order valence-electron chi connectivity index (χ1n) is 5.14. The topological polar surface area (TPSA) is 84.6 Å². The third kappa shape index (κ3) is 4.00. The number of nitrogens with one attached hydrogen (secondary N) is 1. The fourth-order valence-corrected chi connectivity index (χ4v) is 1.24. The fourth-order valence-electron chi connectivity index (χ4n) is 1.24. The number of nitrogens with zero attached hydrogens (tertiary/aromatic N) is 1. The highest BCUT2D eigenvalue weighted by molar-refractivity contribution is 5.85. The second-order valence-corrected chi connectivity index (χ2v) is 3.38. The van der Waals surface area contributed by atoms with Crippen molar-refractivity contribution < 1.29 is 19.2 Å². The van der Waals surface area contributed by atoms with Crippen LogP contribution in [0.5, 0.6) is 0 Å². The van der Waals surface area contributed by atoms with Gasteiger partial charge in [-0.05, 0) is 13.8 Å². The quantitative estimate of drug-likeness (QED) is 0.720. The molecule has 0 saturated carbocycles. The lowest BCUT2D eigenvalue weighted by Gasteiger charge is -2.11. The van der Waals surface area contributed by atoms with Gasteiger partial charge in [0.15, 0.2) is 11.5 Å². The SMILES string of the molecule is CCOC(C)CNCc1cc(C(=O)O)no1. The average Bonchev–Trinajstić information content (AvgIpc) is 2.67. The van der Waals surface area contributed by atoms with Crippen molar-refractivity contribution in [3.8, 4) is 0 Å². The number of hydrogen-bond donors (Lipinski definition) is 2. The highest BCUT2D eigenvalue weighted by Gasteiger charge is 2.10. The van der Waals surface area contributed by atoms with E-state index in [-0.39, 0.29) is 11.8 Å². The van der Waals surface area contributed by atoms with E-state index in [0.717, 1.165) is 0 Å². The fraction of sp³-hybridized carbons (Fsp3) is 0.600. The number of carbonyl (C=O) groups is 1. The molecule has 0 aliphatic heterocycles. The van der Waals surface area contributed by atoms with Gasteiger partial charge in [-0.25, -0.2) is 4.79 Å². The summed E-state index contributed by atoms with van der Waals surface area (Å²) in [6.07, 6.45) is 0.117. The third-order valence-electron chi connectivity index (χ3n) is 1.96. The van der Waals surface area contributed by atoms with Gasteiger partial charge in [0.2, 0.25) is 0 Å². The summed E-state index contributed by atoms with van der Waals surface area (Å²) in [5, 5.41) is 15.1. The van der Waals surface area contributed by atoms with Crippen LogP contribution >= 0.6 is 0 Å². The van der Waals surface area contributed by atoms with Crippen LogP contribution in [-0.4, -0.2) is 35.5 Å². The molecule has 1 atom stereocenters. The number of carboxylic acid groups (broad SMARTS) is 1. The first-order chi connectivity index (χ1) is 7.63. The van der Waals surface area contributed by atoms with Crippen LogP contribution in [0.2, 0.25) is 0 Å². The van der Waals surface area contributed by atoms with Gasteiger partial charge in [0.25, 0.3) is 0 Å². The van der Waals surface area contributed by atoms with Gasteiger partial charge in [-0.2, -0.15) is 0 Å². The lowest BCUT2D eigenvalue weighted by Crippen LogP contribution is -2.26. The minimum absolute atomic E-state index is 0.0744. The van der Waals surface area contributed by atoms with Gasteiger partial charge < -0.3 is 19.7 Å². The number of ether oxygens (including phenoxy) is 1. The number of rotatable bonds is 7. The smallest absolute Gasteiger partial charge is 0.358 e. The molecule has 0 aromatic carbocycles. The lowest BCUT2D eigenvalue weighted by molar-refractivity contribution is 0.0685. The number of aromatic nitrogens is 1. The molecule has 0 aliphatic rings. The Balaban J connectivity index is 2.29. The Kier molecular flexibility index (Phi) is 4.94. The van der Waals surface area contributed by atoms with Crippen LogP contribution < -0.4 is 5.32 Å². The first kappa shape index (κ1) is 12.7. The molecule has 0 spiro atoms. The van der Waals surface area contributed by atoms with Crippen LogP contribution in [-0.2, 0) is 11.3 Å². The maximum Gasteiger partial charge on any atom is 0.358 e. The number of aromatic carboxylic acids is 1. The van der Waals surface area contributed by atoms with Crippen molar-refractivity contribution in [1.82, 2.24) is 10.5 Å². The normalized spacial score (nSPS) is 12.6. The maximum atomic E-state index is 10.5. The summed E-state index contributed by atoms with van der Waals surface area (Å²) in [4.78, 5) is 10.5. The van der Waals surface area contributed by atoms with E-state index in [4.69, 9.17) is 14.4 Å². The van der Waals surface area contributed by atoms with Gasteiger partial charge in [-0.3, -0.25) is 0 Å². The Hall–Kier alpha value is -1.40.